The van der Waals surface area contributed by atoms with Gasteiger partial charge in [-0.05, 0) is 53.9 Å². The van der Waals surface area contributed by atoms with Crippen molar-refractivity contribution in [2.24, 2.45) is 0 Å². The number of carbonyl (C=O) groups excluding carboxylic acids is 1. The minimum atomic E-state index is -0.427. The fourth-order valence-electron chi connectivity index (χ4n) is 4.39. The lowest BCUT2D eigenvalue weighted by molar-refractivity contribution is 0.0732. The quantitative estimate of drug-likeness (QED) is 0.565. The molecule has 33 heavy (non-hydrogen) atoms. The second-order valence-electron chi connectivity index (χ2n) is 8.47. The molecule has 170 valence electrons. The lowest BCUT2D eigenvalue weighted by Gasteiger charge is -2.21. The van der Waals surface area contributed by atoms with E-state index < -0.39 is 5.82 Å². The first-order valence-corrected chi connectivity index (χ1v) is 11.2. The SMILES string of the molecule is Cc1ccccc1-c1cc2c(c(O[C@@H]3CCOC3)c1)OCCN(C(=O)c1cccc(F)c1)C2. The molecule has 0 unspecified atom stereocenters. The van der Waals surface area contributed by atoms with E-state index in [9.17, 15) is 9.18 Å². The summed E-state index contributed by atoms with van der Waals surface area (Å²) < 4.78 is 31.6. The Morgan fingerprint density at radius 3 is 2.76 bits per heavy atom. The molecular weight excluding hydrogens is 421 g/mol. The van der Waals surface area contributed by atoms with Crippen LogP contribution in [0, 0.1) is 12.7 Å². The normalized spacial score (nSPS) is 17.8. The Labute approximate surface area is 192 Å². The van der Waals surface area contributed by atoms with Gasteiger partial charge >= 0.3 is 0 Å². The summed E-state index contributed by atoms with van der Waals surface area (Å²) in [6, 6.07) is 18.0. The number of amides is 1. The first kappa shape index (κ1) is 21.5. The average molecular weight is 448 g/mol. The van der Waals surface area contributed by atoms with Crippen LogP contribution in [-0.2, 0) is 11.3 Å². The van der Waals surface area contributed by atoms with Gasteiger partial charge in [-0.3, -0.25) is 4.79 Å². The molecule has 2 aliphatic heterocycles. The van der Waals surface area contributed by atoms with Gasteiger partial charge in [0, 0.05) is 24.1 Å². The summed E-state index contributed by atoms with van der Waals surface area (Å²) in [7, 11) is 0. The molecule has 1 amide bonds. The zero-order chi connectivity index (χ0) is 22.8. The summed E-state index contributed by atoms with van der Waals surface area (Å²) in [5, 5.41) is 0. The van der Waals surface area contributed by atoms with Gasteiger partial charge in [0.15, 0.2) is 11.5 Å². The van der Waals surface area contributed by atoms with Crippen molar-refractivity contribution >= 4 is 5.91 Å². The van der Waals surface area contributed by atoms with Crippen molar-refractivity contribution in [3.63, 3.8) is 0 Å². The van der Waals surface area contributed by atoms with Crippen LogP contribution in [-0.4, -0.2) is 43.3 Å². The van der Waals surface area contributed by atoms with E-state index >= 15 is 0 Å². The summed E-state index contributed by atoms with van der Waals surface area (Å²) in [6.07, 6.45) is 0.797. The molecule has 0 aromatic heterocycles. The van der Waals surface area contributed by atoms with Crippen LogP contribution in [0.2, 0.25) is 0 Å². The number of aryl methyl sites for hydroxylation is 1. The van der Waals surface area contributed by atoms with Crippen LogP contribution in [0.15, 0.2) is 60.7 Å². The number of nitrogens with zero attached hydrogens (tertiary/aromatic N) is 1. The summed E-state index contributed by atoms with van der Waals surface area (Å²) in [4.78, 5) is 14.8. The maximum absolute atomic E-state index is 13.7. The van der Waals surface area contributed by atoms with Crippen molar-refractivity contribution in [3.8, 4) is 22.6 Å². The van der Waals surface area contributed by atoms with Crippen LogP contribution in [0.1, 0.15) is 27.9 Å². The Morgan fingerprint density at radius 1 is 1.09 bits per heavy atom. The van der Waals surface area contributed by atoms with Gasteiger partial charge in [0.25, 0.3) is 5.91 Å². The number of fused-ring (bicyclic) bond motifs is 1. The number of rotatable bonds is 4. The highest BCUT2D eigenvalue weighted by atomic mass is 19.1. The number of carbonyl (C=O) groups is 1. The van der Waals surface area contributed by atoms with Crippen LogP contribution in [0.25, 0.3) is 11.1 Å². The number of benzene rings is 3. The molecule has 0 saturated carbocycles. The standard InChI is InChI=1S/C27H26FNO4/c1-18-5-2-3-8-24(18)20-13-21-16-29(27(30)19-6-4-7-22(28)14-19)10-12-32-26(21)25(15-20)33-23-9-11-31-17-23/h2-8,13-15,23H,9-12,16-17H2,1H3/t23-/m1/s1. The monoisotopic (exact) mass is 447 g/mol. The minimum absolute atomic E-state index is 0.0295. The molecule has 0 bridgehead atoms. The second kappa shape index (κ2) is 9.24. The molecular formula is C27H26FNO4. The molecule has 3 aromatic rings. The topological polar surface area (TPSA) is 48.0 Å². The number of ether oxygens (including phenoxy) is 3. The Balaban J connectivity index is 1.54. The molecule has 5 rings (SSSR count). The maximum atomic E-state index is 13.7. The molecule has 0 N–H and O–H groups in total. The van der Waals surface area contributed by atoms with Crippen molar-refractivity contribution in [1.82, 2.24) is 4.90 Å². The lowest BCUT2D eigenvalue weighted by Crippen LogP contribution is -2.32. The van der Waals surface area contributed by atoms with Crippen molar-refractivity contribution in [3.05, 3.63) is 83.2 Å². The fraction of sp³-hybridized carbons (Fsp3) is 0.296. The molecule has 6 heteroatoms. The van der Waals surface area contributed by atoms with E-state index in [4.69, 9.17) is 14.2 Å². The summed E-state index contributed by atoms with van der Waals surface area (Å²) >= 11 is 0. The fourth-order valence-corrected chi connectivity index (χ4v) is 4.39. The van der Waals surface area contributed by atoms with Crippen LogP contribution >= 0.6 is 0 Å². The predicted octanol–water partition coefficient (Wildman–Crippen LogP) is 5.00. The largest absolute Gasteiger partial charge is 0.487 e. The summed E-state index contributed by atoms with van der Waals surface area (Å²) in [5.74, 6) is 0.678. The molecule has 0 spiro atoms. The molecule has 2 aliphatic rings. The van der Waals surface area contributed by atoms with E-state index in [0.29, 0.717) is 50.0 Å². The molecule has 2 heterocycles. The summed E-state index contributed by atoms with van der Waals surface area (Å²) in [6.45, 7) is 4.38. The Bertz CT molecular complexity index is 1170. The third-order valence-corrected chi connectivity index (χ3v) is 6.10. The Hall–Kier alpha value is -3.38. The highest BCUT2D eigenvalue weighted by molar-refractivity contribution is 5.94. The lowest BCUT2D eigenvalue weighted by atomic mass is 9.97. The zero-order valence-electron chi connectivity index (χ0n) is 18.6. The van der Waals surface area contributed by atoms with Gasteiger partial charge in [-0.2, -0.15) is 0 Å². The van der Waals surface area contributed by atoms with Crippen molar-refractivity contribution in [2.45, 2.75) is 26.0 Å². The summed E-state index contributed by atoms with van der Waals surface area (Å²) in [5.41, 5.74) is 4.44. The van der Waals surface area contributed by atoms with Crippen molar-refractivity contribution < 1.29 is 23.4 Å². The smallest absolute Gasteiger partial charge is 0.254 e. The molecule has 1 saturated heterocycles. The van der Waals surface area contributed by atoms with Crippen LogP contribution in [0.3, 0.4) is 0 Å². The highest BCUT2D eigenvalue weighted by Crippen LogP contribution is 2.40. The van der Waals surface area contributed by atoms with Gasteiger partial charge in [0.05, 0.1) is 19.8 Å². The van der Waals surface area contributed by atoms with Crippen LogP contribution < -0.4 is 9.47 Å². The van der Waals surface area contributed by atoms with E-state index in [-0.39, 0.29) is 12.0 Å². The first-order chi connectivity index (χ1) is 16.1. The maximum Gasteiger partial charge on any atom is 0.254 e. The molecule has 0 radical (unpaired) electrons. The number of hydrogen-bond donors (Lipinski definition) is 0. The Morgan fingerprint density at radius 2 is 1.97 bits per heavy atom. The van der Waals surface area contributed by atoms with E-state index in [2.05, 4.69) is 25.1 Å². The van der Waals surface area contributed by atoms with Gasteiger partial charge in [-0.1, -0.05) is 30.3 Å². The van der Waals surface area contributed by atoms with Gasteiger partial charge in [0.1, 0.15) is 18.5 Å². The molecule has 0 aliphatic carbocycles. The third-order valence-electron chi connectivity index (χ3n) is 6.10. The Kier molecular flexibility index (Phi) is 6.01. The van der Waals surface area contributed by atoms with E-state index in [1.807, 2.05) is 18.2 Å². The molecule has 3 aromatic carbocycles. The van der Waals surface area contributed by atoms with Crippen LogP contribution in [0.5, 0.6) is 11.5 Å². The van der Waals surface area contributed by atoms with Crippen molar-refractivity contribution in [1.29, 1.82) is 0 Å². The van der Waals surface area contributed by atoms with E-state index in [0.717, 1.165) is 28.7 Å². The minimum Gasteiger partial charge on any atom is -0.487 e. The van der Waals surface area contributed by atoms with Gasteiger partial charge < -0.3 is 19.1 Å². The first-order valence-electron chi connectivity index (χ1n) is 11.2. The molecule has 1 atom stereocenters. The van der Waals surface area contributed by atoms with E-state index in [1.165, 1.54) is 12.1 Å². The van der Waals surface area contributed by atoms with E-state index in [1.54, 1.807) is 17.0 Å². The van der Waals surface area contributed by atoms with Gasteiger partial charge in [-0.15, -0.1) is 0 Å². The van der Waals surface area contributed by atoms with Crippen molar-refractivity contribution in [2.75, 3.05) is 26.4 Å². The van der Waals surface area contributed by atoms with Crippen LogP contribution in [0.4, 0.5) is 4.39 Å². The molecule has 1 fully saturated rings. The predicted molar refractivity (Wildman–Crippen MR) is 123 cm³/mol. The zero-order valence-corrected chi connectivity index (χ0v) is 18.6. The second-order valence-corrected chi connectivity index (χ2v) is 8.47. The number of halogens is 1. The van der Waals surface area contributed by atoms with Gasteiger partial charge in [0.2, 0.25) is 0 Å². The highest BCUT2D eigenvalue weighted by Gasteiger charge is 2.27. The molecule has 5 nitrogen and oxygen atoms in total. The van der Waals surface area contributed by atoms with Gasteiger partial charge in [-0.25, -0.2) is 4.39 Å². The third kappa shape index (κ3) is 4.57. The average Bonchev–Trinajstić information content (AvgIpc) is 3.23. The number of hydrogen-bond acceptors (Lipinski definition) is 4.